The summed E-state index contributed by atoms with van der Waals surface area (Å²) in [6.45, 7) is 0.750. The molecule has 36 heavy (non-hydrogen) atoms. The molecule has 0 bridgehead atoms. The molecule has 6 aliphatic rings. The first kappa shape index (κ1) is 24.7. The van der Waals surface area contributed by atoms with Crippen molar-refractivity contribution >= 4 is 5.97 Å². The van der Waals surface area contributed by atoms with Gasteiger partial charge in [-0.3, -0.25) is 4.79 Å². The Morgan fingerprint density at radius 3 is 2.44 bits per heavy atom. The Labute approximate surface area is 210 Å². The Morgan fingerprint density at radius 2 is 1.58 bits per heavy atom. The number of hydrogen-bond acceptors (Lipinski definition) is 10. The van der Waals surface area contributed by atoms with E-state index in [9.17, 15) is 9.90 Å². The van der Waals surface area contributed by atoms with Crippen molar-refractivity contribution in [3.05, 3.63) is 36.5 Å². The lowest BCUT2D eigenvalue weighted by Crippen LogP contribution is -2.63. The summed E-state index contributed by atoms with van der Waals surface area (Å²) in [7, 11) is 1.34. The molecule has 6 rings (SSSR count). The number of rotatable bonds is 2. The van der Waals surface area contributed by atoms with Crippen LogP contribution in [0, 0.1) is 0 Å². The van der Waals surface area contributed by atoms with Crippen molar-refractivity contribution in [1.82, 2.24) is 0 Å². The summed E-state index contributed by atoms with van der Waals surface area (Å²) in [5, 5.41) is 11.1. The first-order valence-electron chi connectivity index (χ1n) is 12.8. The van der Waals surface area contributed by atoms with Crippen LogP contribution in [0.4, 0.5) is 0 Å². The van der Waals surface area contributed by atoms with Gasteiger partial charge >= 0.3 is 5.97 Å². The second kappa shape index (κ2) is 10.6. The smallest absolute Gasteiger partial charge is 0.310 e. The van der Waals surface area contributed by atoms with Crippen LogP contribution in [-0.4, -0.2) is 105 Å². The summed E-state index contributed by atoms with van der Waals surface area (Å²) in [6.07, 6.45) is 9.36. The normalized spacial score (nSPS) is 48.8. The molecule has 0 amide bonds. The molecule has 0 unspecified atom stereocenters. The fourth-order valence-electron chi connectivity index (χ4n) is 5.89. The zero-order valence-electron chi connectivity index (χ0n) is 20.3. The zero-order chi connectivity index (χ0) is 24.6. The molecular formula is C26H34O10. The maximum atomic E-state index is 11.6. The largest absolute Gasteiger partial charge is 0.469 e. The van der Waals surface area contributed by atoms with Crippen molar-refractivity contribution in [2.45, 2.75) is 99.1 Å². The van der Waals surface area contributed by atoms with E-state index in [1.54, 1.807) is 0 Å². The summed E-state index contributed by atoms with van der Waals surface area (Å²) in [4.78, 5) is 11.6. The predicted molar refractivity (Wildman–Crippen MR) is 123 cm³/mol. The van der Waals surface area contributed by atoms with Gasteiger partial charge in [-0.05, 0) is 12.8 Å². The number of fused-ring (bicyclic) bond motifs is 5. The fourth-order valence-corrected chi connectivity index (χ4v) is 5.89. The van der Waals surface area contributed by atoms with Crippen LogP contribution in [0.3, 0.4) is 0 Å². The molecule has 0 aromatic carbocycles. The summed E-state index contributed by atoms with van der Waals surface area (Å²) in [6, 6.07) is 0. The van der Waals surface area contributed by atoms with Gasteiger partial charge in [0.2, 0.25) is 0 Å². The molecule has 0 spiro atoms. The zero-order valence-corrected chi connectivity index (χ0v) is 20.3. The number of aliphatic hydroxyl groups excluding tert-OH is 1. The van der Waals surface area contributed by atoms with Crippen LogP contribution < -0.4 is 0 Å². The summed E-state index contributed by atoms with van der Waals surface area (Å²) in [5.74, 6) is -0.385. The Kier molecular flexibility index (Phi) is 7.29. The molecule has 3 saturated heterocycles. The SMILES string of the molecule is COC(=O)C[C@H]1OC[C@H]2O[C@H]3C=C[C@H]4O[C@H]5[C@H](O)[C@H]6OCC=CC[C@@H]6O[C@@H]5C[C@@H]4O[C@@H]3C/C=C\[C@@H]2O1. The molecule has 12 atom stereocenters. The first-order valence-corrected chi connectivity index (χ1v) is 12.8. The van der Waals surface area contributed by atoms with Crippen LogP contribution in [-0.2, 0) is 42.7 Å². The number of aliphatic hydroxyl groups is 1. The summed E-state index contributed by atoms with van der Waals surface area (Å²) < 4.78 is 47.9. The monoisotopic (exact) mass is 506 g/mol. The van der Waals surface area contributed by atoms with Gasteiger partial charge in [0.15, 0.2) is 6.29 Å². The third-order valence-electron chi connectivity index (χ3n) is 7.74. The van der Waals surface area contributed by atoms with E-state index in [1.807, 2.05) is 36.5 Å². The van der Waals surface area contributed by atoms with Crippen molar-refractivity contribution < 1.29 is 47.8 Å². The Bertz CT molecular complexity index is 888. The highest BCUT2D eigenvalue weighted by atomic mass is 16.7. The van der Waals surface area contributed by atoms with E-state index in [1.165, 1.54) is 7.11 Å². The lowest BCUT2D eigenvalue weighted by atomic mass is 9.87. The van der Waals surface area contributed by atoms with Crippen molar-refractivity contribution in [2.75, 3.05) is 20.3 Å². The lowest BCUT2D eigenvalue weighted by molar-refractivity contribution is -0.289. The highest BCUT2D eigenvalue weighted by Gasteiger charge is 2.52. The molecule has 0 aliphatic carbocycles. The van der Waals surface area contributed by atoms with Crippen LogP contribution in [0.25, 0.3) is 0 Å². The van der Waals surface area contributed by atoms with Gasteiger partial charge in [-0.25, -0.2) is 0 Å². The molecule has 6 heterocycles. The van der Waals surface area contributed by atoms with Crippen molar-refractivity contribution in [3.63, 3.8) is 0 Å². The van der Waals surface area contributed by atoms with E-state index < -0.39 is 24.6 Å². The maximum Gasteiger partial charge on any atom is 0.310 e. The number of ether oxygens (including phenoxy) is 8. The molecule has 6 aliphatic heterocycles. The Balaban J connectivity index is 1.14. The molecule has 1 N–H and O–H groups in total. The van der Waals surface area contributed by atoms with E-state index in [-0.39, 0.29) is 61.2 Å². The lowest BCUT2D eigenvalue weighted by Gasteiger charge is -2.49. The average molecular weight is 507 g/mol. The molecule has 10 nitrogen and oxygen atoms in total. The van der Waals surface area contributed by atoms with E-state index in [0.717, 1.165) is 0 Å². The fraction of sp³-hybridized carbons (Fsp3) is 0.731. The van der Waals surface area contributed by atoms with Crippen LogP contribution in [0.5, 0.6) is 0 Å². The summed E-state index contributed by atoms with van der Waals surface area (Å²) in [5.41, 5.74) is 0. The van der Waals surface area contributed by atoms with Crippen LogP contribution in [0.15, 0.2) is 36.5 Å². The standard InChI is InChI=1S/C26H34O10/c1-29-22(27)12-23-31-13-21-15(35-23)7-4-6-14-16(33-21)8-9-17-19(32-14)11-20-26(36-17)24(28)25-18(34-20)5-2-3-10-30-25/h2-4,7-9,14-21,23-26,28H,5-6,10-13H2,1H3/b7-4-/t14-,15+,16+,17-,18+,19+,20-,21-,23+,24-,25+,26-/m1/s1. The predicted octanol–water partition coefficient (Wildman–Crippen LogP) is 0.959. The van der Waals surface area contributed by atoms with Gasteiger partial charge in [-0.15, -0.1) is 0 Å². The van der Waals surface area contributed by atoms with E-state index in [0.29, 0.717) is 32.5 Å². The number of carbonyl (C=O) groups excluding carboxylic acids is 1. The molecule has 0 aromatic rings. The number of hydrogen-bond donors (Lipinski definition) is 1. The van der Waals surface area contributed by atoms with Gasteiger partial charge in [-0.1, -0.05) is 36.5 Å². The van der Waals surface area contributed by atoms with E-state index >= 15 is 0 Å². The van der Waals surface area contributed by atoms with Crippen molar-refractivity contribution in [3.8, 4) is 0 Å². The Hall–Kier alpha value is -1.63. The molecule has 198 valence electrons. The van der Waals surface area contributed by atoms with Crippen LogP contribution in [0.1, 0.15) is 25.7 Å². The van der Waals surface area contributed by atoms with E-state index in [4.69, 9.17) is 37.9 Å². The van der Waals surface area contributed by atoms with Crippen molar-refractivity contribution in [2.24, 2.45) is 0 Å². The molecule has 3 fully saturated rings. The number of esters is 1. The number of methoxy groups -OCH3 is 1. The Morgan fingerprint density at radius 1 is 0.806 bits per heavy atom. The summed E-state index contributed by atoms with van der Waals surface area (Å²) >= 11 is 0. The van der Waals surface area contributed by atoms with Gasteiger partial charge in [0.05, 0.1) is 51.2 Å². The average Bonchev–Trinajstić information content (AvgIpc) is 3.20. The first-order chi connectivity index (χ1) is 17.6. The topological polar surface area (TPSA) is 111 Å². The highest BCUT2D eigenvalue weighted by molar-refractivity contribution is 5.69. The minimum atomic E-state index is -0.769. The minimum Gasteiger partial charge on any atom is -0.469 e. The second-order valence-electron chi connectivity index (χ2n) is 10.1. The third kappa shape index (κ3) is 4.93. The van der Waals surface area contributed by atoms with Crippen molar-refractivity contribution in [1.29, 1.82) is 0 Å². The molecule has 10 heteroatoms. The molecule has 0 saturated carbocycles. The minimum absolute atomic E-state index is 0.0304. The van der Waals surface area contributed by atoms with Crippen LogP contribution in [0.2, 0.25) is 0 Å². The van der Waals surface area contributed by atoms with Gasteiger partial charge in [0.1, 0.15) is 42.7 Å². The van der Waals surface area contributed by atoms with Gasteiger partial charge in [-0.2, -0.15) is 0 Å². The maximum absolute atomic E-state index is 11.6. The molecular weight excluding hydrogens is 472 g/mol. The molecule has 0 aromatic heterocycles. The van der Waals surface area contributed by atoms with E-state index in [2.05, 4.69) is 0 Å². The quantitative estimate of drug-likeness (QED) is 0.429. The van der Waals surface area contributed by atoms with Gasteiger partial charge in [0.25, 0.3) is 0 Å². The van der Waals surface area contributed by atoms with Gasteiger partial charge in [0, 0.05) is 6.42 Å². The van der Waals surface area contributed by atoms with Gasteiger partial charge < -0.3 is 43.0 Å². The number of carbonyl (C=O) groups is 1. The molecule has 0 radical (unpaired) electrons. The second-order valence-corrected chi connectivity index (χ2v) is 10.1. The third-order valence-corrected chi connectivity index (χ3v) is 7.74. The highest BCUT2D eigenvalue weighted by Crippen LogP contribution is 2.38. The van der Waals surface area contributed by atoms with Crippen LogP contribution >= 0.6 is 0 Å².